The molecular weight excluding hydrogens is 257 g/mol. The number of hydrogen-bond acceptors (Lipinski definition) is 3. The van der Waals surface area contributed by atoms with E-state index < -0.39 is 0 Å². The first-order valence-electron chi connectivity index (χ1n) is 6.37. The normalized spacial score (nSPS) is 10.2. The van der Waals surface area contributed by atoms with Crippen LogP contribution in [0.15, 0.2) is 36.5 Å². The zero-order chi connectivity index (χ0) is 14.5. The highest BCUT2D eigenvalue weighted by molar-refractivity contribution is 6.03. The maximum atomic E-state index is 13.4. The number of amides is 1. The van der Waals surface area contributed by atoms with E-state index in [1.165, 1.54) is 6.07 Å². The van der Waals surface area contributed by atoms with E-state index in [0.29, 0.717) is 11.3 Å². The molecule has 0 saturated heterocycles. The molecule has 0 bridgehead atoms. The fourth-order valence-corrected chi connectivity index (χ4v) is 1.73. The van der Waals surface area contributed by atoms with Gasteiger partial charge in [-0.05, 0) is 43.7 Å². The summed E-state index contributed by atoms with van der Waals surface area (Å²) >= 11 is 0. The van der Waals surface area contributed by atoms with Crippen molar-refractivity contribution in [3.8, 4) is 0 Å². The quantitative estimate of drug-likeness (QED) is 0.899. The molecule has 0 aliphatic rings. The number of nitrogens with zero attached hydrogens (tertiary/aromatic N) is 1. The number of aromatic nitrogens is 1. The van der Waals surface area contributed by atoms with Gasteiger partial charge in [0.25, 0.3) is 5.91 Å². The van der Waals surface area contributed by atoms with Gasteiger partial charge >= 0.3 is 0 Å². The molecule has 5 heteroatoms. The van der Waals surface area contributed by atoms with Gasteiger partial charge < -0.3 is 10.6 Å². The molecule has 0 aliphatic carbocycles. The molecule has 4 nitrogen and oxygen atoms in total. The molecule has 1 amide bonds. The molecule has 0 fully saturated rings. The molecule has 0 atom stereocenters. The molecule has 1 heterocycles. The second-order valence-corrected chi connectivity index (χ2v) is 4.38. The van der Waals surface area contributed by atoms with Crippen LogP contribution in [0.5, 0.6) is 0 Å². The highest BCUT2D eigenvalue weighted by Gasteiger charge is 2.09. The van der Waals surface area contributed by atoms with Gasteiger partial charge in [-0.25, -0.2) is 4.39 Å². The van der Waals surface area contributed by atoms with Crippen molar-refractivity contribution in [2.75, 3.05) is 17.2 Å². The molecule has 0 spiro atoms. The van der Waals surface area contributed by atoms with Crippen molar-refractivity contribution < 1.29 is 9.18 Å². The SMILES string of the molecule is CCNc1ccnc(C(=O)Nc2ccc(C)c(F)c2)c1. The van der Waals surface area contributed by atoms with Crippen molar-refractivity contribution in [2.24, 2.45) is 0 Å². The zero-order valence-electron chi connectivity index (χ0n) is 11.4. The fourth-order valence-electron chi connectivity index (χ4n) is 1.73. The summed E-state index contributed by atoms with van der Waals surface area (Å²) in [4.78, 5) is 16.1. The summed E-state index contributed by atoms with van der Waals surface area (Å²) in [7, 11) is 0. The monoisotopic (exact) mass is 273 g/mol. The fraction of sp³-hybridized carbons (Fsp3) is 0.200. The third-order valence-corrected chi connectivity index (χ3v) is 2.80. The molecule has 104 valence electrons. The van der Waals surface area contributed by atoms with Crippen LogP contribution >= 0.6 is 0 Å². The minimum atomic E-state index is -0.368. The van der Waals surface area contributed by atoms with Gasteiger partial charge in [-0.1, -0.05) is 6.07 Å². The number of carbonyl (C=O) groups is 1. The highest BCUT2D eigenvalue weighted by atomic mass is 19.1. The summed E-state index contributed by atoms with van der Waals surface area (Å²) in [6.45, 7) is 4.39. The molecule has 1 aromatic heterocycles. The predicted octanol–water partition coefficient (Wildman–Crippen LogP) is 3.21. The predicted molar refractivity (Wildman–Crippen MR) is 77.5 cm³/mol. The summed E-state index contributed by atoms with van der Waals surface area (Å²) < 4.78 is 13.4. The lowest BCUT2D eigenvalue weighted by molar-refractivity contribution is 0.102. The van der Waals surface area contributed by atoms with Crippen molar-refractivity contribution in [3.05, 3.63) is 53.6 Å². The topological polar surface area (TPSA) is 54.0 Å². The number of anilines is 2. The molecule has 0 saturated carbocycles. The van der Waals surface area contributed by atoms with Gasteiger partial charge in [0.1, 0.15) is 11.5 Å². The Kier molecular flexibility index (Phi) is 4.30. The van der Waals surface area contributed by atoms with Crippen LogP contribution in [0.25, 0.3) is 0 Å². The number of aryl methyl sites for hydroxylation is 1. The number of benzene rings is 1. The molecular formula is C15H16FN3O. The second kappa shape index (κ2) is 6.14. The lowest BCUT2D eigenvalue weighted by atomic mass is 10.2. The first-order chi connectivity index (χ1) is 9.60. The first-order valence-corrected chi connectivity index (χ1v) is 6.37. The summed E-state index contributed by atoms with van der Waals surface area (Å²) in [6, 6.07) is 8.01. The van der Waals surface area contributed by atoms with Crippen LogP contribution < -0.4 is 10.6 Å². The molecule has 2 rings (SSSR count). The molecule has 2 N–H and O–H groups in total. The third-order valence-electron chi connectivity index (χ3n) is 2.80. The second-order valence-electron chi connectivity index (χ2n) is 4.38. The Hall–Kier alpha value is -2.43. The molecule has 2 aromatic rings. The van der Waals surface area contributed by atoms with Crippen LogP contribution in [0, 0.1) is 12.7 Å². The van der Waals surface area contributed by atoms with Crippen LogP contribution in [-0.2, 0) is 0 Å². The average molecular weight is 273 g/mol. The van der Waals surface area contributed by atoms with Crippen molar-refractivity contribution in [2.45, 2.75) is 13.8 Å². The Morgan fingerprint density at radius 1 is 1.25 bits per heavy atom. The molecule has 0 radical (unpaired) electrons. The van der Waals surface area contributed by atoms with Crippen molar-refractivity contribution in [1.82, 2.24) is 4.98 Å². The Morgan fingerprint density at radius 2 is 2.05 bits per heavy atom. The van der Waals surface area contributed by atoms with Crippen molar-refractivity contribution >= 4 is 17.3 Å². The summed E-state index contributed by atoms with van der Waals surface area (Å²) in [5.74, 6) is -0.717. The number of halogens is 1. The van der Waals surface area contributed by atoms with Gasteiger partial charge in [-0.3, -0.25) is 9.78 Å². The molecule has 0 unspecified atom stereocenters. The van der Waals surface area contributed by atoms with Crippen LogP contribution in [0.3, 0.4) is 0 Å². The number of nitrogens with one attached hydrogen (secondary N) is 2. The summed E-state index contributed by atoms with van der Waals surface area (Å²) in [5, 5.41) is 5.73. The highest BCUT2D eigenvalue weighted by Crippen LogP contribution is 2.15. The number of rotatable bonds is 4. The van der Waals surface area contributed by atoms with E-state index in [9.17, 15) is 9.18 Å². The van der Waals surface area contributed by atoms with E-state index in [4.69, 9.17) is 0 Å². The van der Waals surface area contributed by atoms with E-state index >= 15 is 0 Å². The maximum Gasteiger partial charge on any atom is 0.274 e. The molecule has 0 aliphatic heterocycles. The summed E-state index contributed by atoms with van der Waals surface area (Å²) in [5.41, 5.74) is 2.05. The van der Waals surface area contributed by atoms with Crippen molar-refractivity contribution in [1.29, 1.82) is 0 Å². The van der Waals surface area contributed by atoms with Gasteiger partial charge in [-0.15, -0.1) is 0 Å². The number of pyridine rings is 1. The van der Waals surface area contributed by atoms with E-state index in [2.05, 4.69) is 15.6 Å². The average Bonchev–Trinajstić information content (AvgIpc) is 2.43. The Morgan fingerprint density at radius 3 is 2.75 bits per heavy atom. The van der Waals surface area contributed by atoms with Crippen LogP contribution in [0.4, 0.5) is 15.8 Å². The van der Waals surface area contributed by atoms with Gasteiger partial charge in [0.15, 0.2) is 0 Å². The zero-order valence-corrected chi connectivity index (χ0v) is 11.4. The van der Waals surface area contributed by atoms with E-state index in [-0.39, 0.29) is 17.4 Å². The third kappa shape index (κ3) is 3.32. The van der Waals surface area contributed by atoms with Gasteiger partial charge in [0, 0.05) is 24.1 Å². The largest absolute Gasteiger partial charge is 0.385 e. The van der Waals surface area contributed by atoms with E-state index in [1.807, 2.05) is 6.92 Å². The molecule has 20 heavy (non-hydrogen) atoms. The Labute approximate surface area is 117 Å². The van der Waals surface area contributed by atoms with Gasteiger partial charge in [0.05, 0.1) is 0 Å². The van der Waals surface area contributed by atoms with Crippen LogP contribution in [0.1, 0.15) is 23.0 Å². The maximum absolute atomic E-state index is 13.4. The number of carbonyl (C=O) groups excluding carboxylic acids is 1. The lowest BCUT2D eigenvalue weighted by Gasteiger charge is -2.07. The molecule has 1 aromatic carbocycles. The minimum Gasteiger partial charge on any atom is -0.385 e. The van der Waals surface area contributed by atoms with Crippen molar-refractivity contribution in [3.63, 3.8) is 0 Å². The van der Waals surface area contributed by atoms with E-state index in [1.54, 1.807) is 37.4 Å². The Bertz CT molecular complexity index is 628. The number of hydrogen-bond donors (Lipinski definition) is 2. The van der Waals surface area contributed by atoms with E-state index in [0.717, 1.165) is 12.2 Å². The van der Waals surface area contributed by atoms with Crippen LogP contribution in [0.2, 0.25) is 0 Å². The Balaban J connectivity index is 2.15. The van der Waals surface area contributed by atoms with Gasteiger partial charge in [-0.2, -0.15) is 0 Å². The summed E-state index contributed by atoms with van der Waals surface area (Å²) in [6.07, 6.45) is 1.56. The first kappa shape index (κ1) is 14.0. The standard InChI is InChI=1S/C15H16FN3O/c1-3-17-11-6-7-18-14(9-11)15(20)19-12-5-4-10(2)13(16)8-12/h4-9H,3H2,1-2H3,(H,17,18)(H,19,20). The smallest absolute Gasteiger partial charge is 0.274 e. The van der Waals surface area contributed by atoms with Gasteiger partial charge in [0.2, 0.25) is 0 Å². The lowest BCUT2D eigenvalue weighted by Crippen LogP contribution is -2.14. The van der Waals surface area contributed by atoms with Crippen LogP contribution in [-0.4, -0.2) is 17.4 Å². The minimum absolute atomic E-state index is 0.282.